The highest BCUT2D eigenvalue weighted by atomic mass is 15.2. The van der Waals surface area contributed by atoms with Crippen LogP contribution in [0.4, 0.5) is 17.1 Å². The molecule has 2 aromatic heterocycles. The smallest absolute Gasteiger partial charge is 0.238 e. The maximum Gasteiger partial charge on any atom is 0.238 e. The lowest BCUT2D eigenvalue weighted by atomic mass is 9.60. The van der Waals surface area contributed by atoms with Crippen molar-refractivity contribution < 1.29 is 0 Å². The molecule has 0 unspecified atom stereocenters. The number of hydrogen-bond acceptors (Lipinski definition) is 4. The second-order valence-electron chi connectivity index (χ2n) is 14.3. The molecule has 3 heterocycles. The lowest BCUT2D eigenvalue weighted by molar-refractivity contribution is 0.955. The van der Waals surface area contributed by atoms with Gasteiger partial charge in [-0.1, -0.05) is 126 Å². The molecule has 0 saturated carbocycles. The fourth-order valence-corrected chi connectivity index (χ4v) is 8.55. The predicted octanol–water partition coefficient (Wildman–Crippen LogP) is 6.03. The van der Waals surface area contributed by atoms with Crippen molar-refractivity contribution in [3.63, 3.8) is 0 Å². The normalized spacial score (nSPS) is 12.2. The van der Waals surface area contributed by atoms with Gasteiger partial charge in [-0.05, 0) is 46.7 Å². The highest BCUT2D eigenvalue weighted by Gasteiger charge is 2.28. The molecule has 1 aliphatic rings. The molecule has 10 heteroatoms. The number of benzene rings is 8. The molecule has 0 N–H and O–H groups in total. The predicted molar refractivity (Wildman–Crippen MR) is 241 cm³/mol. The molecule has 1 aliphatic heterocycles. The standard InChI is InChI=1S/C47H24B5N5/c48-39-38(40(49)42(51)43(52)41(39)50)46-53-45(54-47(55-46)57-34-19-5-3-16-30(34)31-17-4-6-20-35(31)57)27-13-7-14-28(24-27)56-36-21-9-12-26-11-8-18-32(37(26)36)33-23-22-25-10-1-2-15-29(25)44(33)56/h1-24H. The van der Waals surface area contributed by atoms with E-state index in [2.05, 4.69) is 114 Å². The summed E-state index contributed by atoms with van der Waals surface area (Å²) < 4.78 is 2.03. The molecule has 0 saturated heterocycles. The van der Waals surface area contributed by atoms with E-state index in [1.807, 2.05) is 41.0 Å². The van der Waals surface area contributed by atoms with Gasteiger partial charge in [-0.15, -0.1) is 16.4 Å². The molecule has 252 valence electrons. The van der Waals surface area contributed by atoms with Crippen LogP contribution in [0.5, 0.6) is 0 Å². The molecule has 10 radical (unpaired) electrons. The number of anilines is 3. The monoisotopic (exact) mass is 713 g/mol. The van der Waals surface area contributed by atoms with E-state index < -0.39 is 0 Å². The minimum absolute atomic E-state index is 0.115. The third-order valence-electron chi connectivity index (χ3n) is 11.2. The Balaban J connectivity index is 1.19. The third kappa shape index (κ3) is 4.93. The molecule has 57 heavy (non-hydrogen) atoms. The van der Waals surface area contributed by atoms with Gasteiger partial charge in [0.15, 0.2) is 11.6 Å². The van der Waals surface area contributed by atoms with Gasteiger partial charge in [0.2, 0.25) is 5.95 Å². The van der Waals surface area contributed by atoms with Crippen molar-refractivity contribution in [1.82, 2.24) is 19.5 Å². The SMILES string of the molecule is [B]c1c([B])c([B])c(-c2nc(-c3cccc(N4c5c(ccc6ccccc56)-c5cccc6cccc4c56)c3)nc(-n3c4ccccc4c4ccccc43)n2)c([B])c1[B]. The van der Waals surface area contributed by atoms with Crippen molar-refractivity contribution in [2.75, 3.05) is 4.90 Å². The minimum atomic E-state index is 0.115. The number of fused-ring (bicyclic) bond motifs is 7. The average Bonchev–Trinajstić information content (AvgIpc) is 3.59. The molecule has 5 nitrogen and oxygen atoms in total. The van der Waals surface area contributed by atoms with Crippen molar-refractivity contribution in [3.05, 3.63) is 146 Å². The topological polar surface area (TPSA) is 46.8 Å². The molecule has 0 fully saturated rings. The first-order valence-electron chi connectivity index (χ1n) is 18.6. The third-order valence-corrected chi connectivity index (χ3v) is 11.2. The molecule has 8 aromatic carbocycles. The Morgan fingerprint density at radius 2 is 1.04 bits per heavy atom. The van der Waals surface area contributed by atoms with Crippen LogP contribution >= 0.6 is 0 Å². The molecular weight excluding hydrogens is 689 g/mol. The maximum atomic E-state index is 6.66. The first-order valence-corrected chi connectivity index (χ1v) is 18.6. The summed E-state index contributed by atoms with van der Waals surface area (Å²) in [7, 11) is 32.3. The van der Waals surface area contributed by atoms with Crippen LogP contribution in [0.15, 0.2) is 146 Å². The minimum Gasteiger partial charge on any atom is -0.309 e. The van der Waals surface area contributed by atoms with E-state index in [1.54, 1.807) is 0 Å². The van der Waals surface area contributed by atoms with Gasteiger partial charge < -0.3 is 4.90 Å². The molecule has 0 spiro atoms. The summed E-state index contributed by atoms with van der Waals surface area (Å²) >= 11 is 0. The van der Waals surface area contributed by atoms with E-state index in [-0.39, 0.29) is 33.1 Å². The van der Waals surface area contributed by atoms with Crippen LogP contribution in [-0.4, -0.2) is 58.8 Å². The van der Waals surface area contributed by atoms with Crippen molar-refractivity contribution >= 4 is 127 Å². The summed E-state index contributed by atoms with van der Waals surface area (Å²) in [5, 5.41) is 6.77. The second-order valence-corrected chi connectivity index (χ2v) is 14.3. The van der Waals surface area contributed by atoms with Crippen LogP contribution < -0.4 is 32.2 Å². The van der Waals surface area contributed by atoms with Crippen molar-refractivity contribution in [2.24, 2.45) is 0 Å². The summed E-state index contributed by atoms with van der Waals surface area (Å²) in [5.41, 5.74) is 9.00. The number of hydrogen-bond donors (Lipinski definition) is 0. The van der Waals surface area contributed by atoms with Crippen LogP contribution in [0.3, 0.4) is 0 Å². The van der Waals surface area contributed by atoms with E-state index in [0.29, 0.717) is 17.3 Å². The highest BCUT2D eigenvalue weighted by Crippen LogP contribution is 2.53. The molecule has 0 aliphatic carbocycles. The van der Waals surface area contributed by atoms with Gasteiger partial charge in [0, 0.05) is 43.9 Å². The fourth-order valence-electron chi connectivity index (χ4n) is 8.55. The average molecular weight is 713 g/mol. The van der Waals surface area contributed by atoms with Gasteiger partial charge in [-0.2, -0.15) is 9.97 Å². The number of rotatable bonds is 4. The molecule has 11 rings (SSSR count). The van der Waals surface area contributed by atoms with Crippen LogP contribution in [-0.2, 0) is 0 Å². The summed E-state index contributed by atoms with van der Waals surface area (Å²) in [6.45, 7) is 0. The van der Waals surface area contributed by atoms with Gasteiger partial charge in [0.1, 0.15) is 39.2 Å². The molecular formula is C47H24B5N5. The Morgan fingerprint density at radius 1 is 0.439 bits per heavy atom. The van der Waals surface area contributed by atoms with E-state index in [4.69, 9.17) is 54.2 Å². The van der Waals surface area contributed by atoms with Crippen LogP contribution in [0, 0.1) is 0 Å². The van der Waals surface area contributed by atoms with Gasteiger partial charge in [0.05, 0.1) is 22.4 Å². The summed E-state index contributed by atoms with van der Waals surface area (Å²) in [6.07, 6.45) is 0. The zero-order chi connectivity index (χ0) is 38.5. The van der Waals surface area contributed by atoms with E-state index in [9.17, 15) is 0 Å². The second kappa shape index (κ2) is 12.6. The fraction of sp³-hybridized carbons (Fsp3) is 0. The molecule has 0 amide bonds. The van der Waals surface area contributed by atoms with Crippen molar-refractivity contribution in [3.8, 4) is 39.9 Å². The van der Waals surface area contributed by atoms with Crippen LogP contribution in [0.1, 0.15) is 0 Å². The van der Waals surface area contributed by atoms with Crippen molar-refractivity contribution in [1.29, 1.82) is 0 Å². The Kier molecular flexibility index (Phi) is 7.43. The summed E-state index contributed by atoms with van der Waals surface area (Å²) in [5.74, 6) is 0.988. The van der Waals surface area contributed by atoms with Crippen LogP contribution in [0.25, 0.3) is 83.2 Å². The first-order chi connectivity index (χ1) is 27.9. The first kappa shape index (κ1) is 33.5. The lowest BCUT2D eigenvalue weighted by Crippen LogP contribution is -2.55. The van der Waals surface area contributed by atoms with Gasteiger partial charge in [-0.3, -0.25) is 4.57 Å². The van der Waals surface area contributed by atoms with Crippen molar-refractivity contribution in [2.45, 2.75) is 0 Å². The highest BCUT2D eigenvalue weighted by molar-refractivity contribution is 6.68. The number of para-hydroxylation sites is 2. The van der Waals surface area contributed by atoms with E-state index in [1.165, 1.54) is 16.3 Å². The molecule has 10 aromatic rings. The number of nitrogens with zero attached hydrogens (tertiary/aromatic N) is 5. The summed E-state index contributed by atoms with van der Waals surface area (Å²) in [4.78, 5) is 17.7. The Labute approximate surface area is 335 Å². The molecule has 0 bridgehead atoms. The molecule has 0 atom stereocenters. The zero-order valence-electron chi connectivity index (χ0n) is 30.5. The van der Waals surface area contributed by atoms with Gasteiger partial charge in [-0.25, -0.2) is 4.98 Å². The zero-order valence-corrected chi connectivity index (χ0v) is 30.5. The quantitative estimate of drug-likeness (QED) is 0.209. The van der Waals surface area contributed by atoms with E-state index >= 15 is 0 Å². The Morgan fingerprint density at radius 3 is 1.77 bits per heavy atom. The Bertz CT molecular complexity index is 3250. The van der Waals surface area contributed by atoms with Gasteiger partial charge in [0.25, 0.3) is 0 Å². The number of aromatic nitrogens is 4. The maximum absolute atomic E-state index is 6.66. The van der Waals surface area contributed by atoms with E-state index in [0.717, 1.165) is 60.8 Å². The summed E-state index contributed by atoms with van der Waals surface area (Å²) in [6, 6.07) is 50.5. The largest absolute Gasteiger partial charge is 0.309 e. The Hall–Kier alpha value is -6.79. The lowest BCUT2D eigenvalue weighted by Gasteiger charge is -2.34. The van der Waals surface area contributed by atoms with Gasteiger partial charge >= 0.3 is 0 Å². The van der Waals surface area contributed by atoms with Crippen LogP contribution in [0.2, 0.25) is 0 Å².